The van der Waals surface area contributed by atoms with Gasteiger partial charge in [-0.1, -0.05) is 44.2 Å². The number of rotatable bonds is 5. The van der Waals surface area contributed by atoms with Crippen LogP contribution in [-0.4, -0.2) is 36.4 Å². The maximum absolute atomic E-state index is 12.2. The van der Waals surface area contributed by atoms with E-state index in [0.717, 1.165) is 5.56 Å². The van der Waals surface area contributed by atoms with Gasteiger partial charge in [0.25, 0.3) is 0 Å². The maximum Gasteiger partial charge on any atom is 0.220 e. The van der Waals surface area contributed by atoms with E-state index >= 15 is 0 Å². The third-order valence-electron chi connectivity index (χ3n) is 4.20. The van der Waals surface area contributed by atoms with Crippen molar-refractivity contribution in [2.24, 2.45) is 0 Å². The van der Waals surface area contributed by atoms with E-state index in [1.165, 1.54) is 0 Å². The van der Waals surface area contributed by atoms with Crippen LogP contribution in [0.5, 0.6) is 0 Å². The summed E-state index contributed by atoms with van der Waals surface area (Å²) in [5, 5.41) is 13.2. The summed E-state index contributed by atoms with van der Waals surface area (Å²) in [6.45, 7) is 5.54. The van der Waals surface area contributed by atoms with E-state index in [1.54, 1.807) is 0 Å². The largest absolute Gasteiger partial charge is 0.388 e. The normalized spacial score (nSPS) is 18.2. The van der Waals surface area contributed by atoms with E-state index in [2.05, 4.69) is 19.2 Å². The molecule has 1 aromatic carbocycles. The lowest BCUT2D eigenvalue weighted by molar-refractivity contribution is -0.125. The van der Waals surface area contributed by atoms with Crippen molar-refractivity contribution in [1.82, 2.24) is 5.32 Å². The Labute approximate surface area is 126 Å². The van der Waals surface area contributed by atoms with Gasteiger partial charge in [-0.3, -0.25) is 4.79 Å². The standard InChI is InChI=1S/C17H25NO3/c1-16(2,14-6-4-3-5-7-14)12-15(19)18-13-17(20)8-10-21-11-9-17/h3-7,20H,8-13H2,1-2H3,(H,18,19). The Morgan fingerprint density at radius 1 is 1.29 bits per heavy atom. The minimum atomic E-state index is -0.815. The van der Waals surface area contributed by atoms with Gasteiger partial charge in [0.15, 0.2) is 0 Å². The molecule has 0 aromatic heterocycles. The fraction of sp³-hybridized carbons (Fsp3) is 0.588. The summed E-state index contributed by atoms with van der Waals surface area (Å²) in [6, 6.07) is 10.0. The molecule has 1 fully saturated rings. The molecule has 4 nitrogen and oxygen atoms in total. The Morgan fingerprint density at radius 3 is 2.52 bits per heavy atom. The van der Waals surface area contributed by atoms with Crippen LogP contribution in [0.2, 0.25) is 0 Å². The first-order valence-electron chi connectivity index (χ1n) is 7.54. The summed E-state index contributed by atoms with van der Waals surface area (Å²) in [5.41, 5.74) is 0.110. The number of carbonyl (C=O) groups excluding carboxylic acids is 1. The molecular formula is C17H25NO3. The molecule has 1 heterocycles. The smallest absolute Gasteiger partial charge is 0.220 e. The summed E-state index contributed by atoms with van der Waals surface area (Å²) >= 11 is 0. The van der Waals surface area contributed by atoms with E-state index in [-0.39, 0.29) is 11.3 Å². The molecule has 0 atom stereocenters. The number of aliphatic hydroxyl groups is 1. The zero-order valence-electron chi connectivity index (χ0n) is 12.9. The van der Waals surface area contributed by atoms with Crippen molar-refractivity contribution in [1.29, 1.82) is 0 Å². The second-order valence-corrected chi connectivity index (χ2v) is 6.54. The van der Waals surface area contributed by atoms with Crippen LogP contribution in [0.15, 0.2) is 30.3 Å². The van der Waals surface area contributed by atoms with Gasteiger partial charge in [-0.25, -0.2) is 0 Å². The summed E-state index contributed by atoms with van der Waals surface area (Å²) in [6.07, 6.45) is 1.56. The van der Waals surface area contributed by atoms with Crippen LogP contribution in [0.4, 0.5) is 0 Å². The van der Waals surface area contributed by atoms with E-state index < -0.39 is 5.60 Å². The highest BCUT2D eigenvalue weighted by Gasteiger charge is 2.31. The quantitative estimate of drug-likeness (QED) is 0.872. The van der Waals surface area contributed by atoms with Crippen LogP contribution in [-0.2, 0) is 14.9 Å². The molecule has 0 bridgehead atoms. The zero-order chi connectivity index (χ0) is 15.3. The SMILES string of the molecule is CC(C)(CC(=O)NCC1(O)CCOCC1)c1ccccc1. The topological polar surface area (TPSA) is 58.6 Å². The molecule has 0 spiro atoms. The number of carbonyl (C=O) groups is 1. The number of hydrogen-bond donors (Lipinski definition) is 2. The second kappa shape index (κ2) is 6.58. The first-order valence-corrected chi connectivity index (χ1v) is 7.54. The minimum absolute atomic E-state index is 0.0243. The van der Waals surface area contributed by atoms with Gasteiger partial charge < -0.3 is 15.2 Å². The molecule has 21 heavy (non-hydrogen) atoms. The lowest BCUT2D eigenvalue weighted by atomic mass is 9.81. The van der Waals surface area contributed by atoms with Crippen LogP contribution < -0.4 is 5.32 Å². The lowest BCUT2D eigenvalue weighted by Crippen LogP contribution is -2.47. The molecule has 2 N–H and O–H groups in total. The molecule has 1 amide bonds. The van der Waals surface area contributed by atoms with Crippen molar-refractivity contribution < 1.29 is 14.6 Å². The summed E-state index contributed by atoms with van der Waals surface area (Å²) in [4.78, 5) is 12.2. The van der Waals surface area contributed by atoms with Crippen molar-refractivity contribution in [3.8, 4) is 0 Å². The second-order valence-electron chi connectivity index (χ2n) is 6.54. The maximum atomic E-state index is 12.2. The van der Waals surface area contributed by atoms with Crippen LogP contribution in [0.1, 0.15) is 38.7 Å². The van der Waals surface area contributed by atoms with Crippen molar-refractivity contribution in [2.45, 2.75) is 44.1 Å². The predicted molar refractivity (Wildman–Crippen MR) is 82.1 cm³/mol. The molecule has 0 radical (unpaired) electrons. The summed E-state index contributed by atoms with van der Waals surface area (Å²) in [7, 11) is 0. The number of nitrogens with one attached hydrogen (secondary N) is 1. The Kier molecular flexibility index (Phi) is 5.01. The molecule has 1 aromatic rings. The first kappa shape index (κ1) is 16.0. The number of ether oxygens (including phenoxy) is 1. The van der Waals surface area contributed by atoms with Gasteiger partial charge in [0.2, 0.25) is 5.91 Å². The van der Waals surface area contributed by atoms with Crippen molar-refractivity contribution in [2.75, 3.05) is 19.8 Å². The molecule has 4 heteroatoms. The molecular weight excluding hydrogens is 266 g/mol. The highest BCUT2D eigenvalue weighted by molar-refractivity contribution is 5.77. The van der Waals surface area contributed by atoms with E-state index in [1.807, 2.05) is 30.3 Å². The average Bonchev–Trinajstić information content (AvgIpc) is 2.47. The van der Waals surface area contributed by atoms with Crippen molar-refractivity contribution in [3.63, 3.8) is 0 Å². The first-order chi connectivity index (χ1) is 9.91. The van der Waals surface area contributed by atoms with E-state index in [9.17, 15) is 9.90 Å². The van der Waals surface area contributed by atoms with Gasteiger partial charge in [-0.2, -0.15) is 0 Å². The lowest BCUT2D eigenvalue weighted by Gasteiger charge is -2.32. The summed E-state index contributed by atoms with van der Waals surface area (Å²) < 4.78 is 5.24. The molecule has 0 unspecified atom stereocenters. The average molecular weight is 291 g/mol. The van der Waals surface area contributed by atoms with Crippen LogP contribution in [0, 0.1) is 0 Å². The van der Waals surface area contributed by atoms with Crippen molar-refractivity contribution >= 4 is 5.91 Å². The molecule has 1 aliphatic heterocycles. The van der Waals surface area contributed by atoms with Gasteiger partial charge in [0.1, 0.15) is 0 Å². The molecule has 1 aliphatic rings. The molecule has 0 saturated carbocycles. The highest BCUT2D eigenvalue weighted by Crippen LogP contribution is 2.27. The Hall–Kier alpha value is -1.39. The molecule has 0 aliphatic carbocycles. The fourth-order valence-electron chi connectivity index (χ4n) is 2.65. The number of amides is 1. The number of benzene rings is 1. The van der Waals surface area contributed by atoms with Crippen LogP contribution in [0.25, 0.3) is 0 Å². The Morgan fingerprint density at radius 2 is 1.90 bits per heavy atom. The fourth-order valence-corrected chi connectivity index (χ4v) is 2.65. The third kappa shape index (κ3) is 4.55. The predicted octanol–water partition coefficient (Wildman–Crippen LogP) is 2.01. The van der Waals surface area contributed by atoms with Gasteiger partial charge >= 0.3 is 0 Å². The Balaban J connectivity index is 1.86. The Bertz CT molecular complexity index is 464. The van der Waals surface area contributed by atoms with E-state index in [0.29, 0.717) is 39.0 Å². The molecule has 2 rings (SSSR count). The summed E-state index contributed by atoms with van der Waals surface area (Å²) in [5.74, 6) is -0.0243. The zero-order valence-corrected chi connectivity index (χ0v) is 12.9. The van der Waals surface area contributed by atoms with E-state index in [4.69, 9.17) is 4.74 Å². The van der Waals surface area contributed by atoms with Crippen LogP contribution in [0.3, 0.4) is 0 Å². The number of hydrogen-bond acceptors (Lipinski definition) is 3. The highest BCUT2D eigenvalue weighted by atomic mass is 16.5. The monoisotopic (exact) mass is 291 g/mol. The minimum Gasteiger partial charge on any atom is -0.388 e. The molecule has 116 valence electrons. The molecule has 1 saturated heterocycles. The van der Waals surface area contributed by atoms with Gasteiger partial charge in [-0.05, 0) is 11.0 Å². The van der Waals surface area contributed by atoms with Gasteiger partial charge in [-0.15, -0.1) is 0 Å². The van der Waals surface area contributed by atoms with Gasteiger partial charge in [0, 0.05) is 39.0 Å². The van der Waals surface area contributed by atoms with Crippen molar-refractivity contribution in [3.05, 3.63) is 35.9 Å². The third-order valence-corrected chi connectivity index (χ3v) is 4.20. The van der Waals surface area contributed by atoms with Gasteiger partial charge in [0.05, 0.1) is 5.60 Å². The van der Waals surface area contributed by atoms with Crippen LogP contribution >= 0.6 is 0 Å².